The molecule has 0 aliphatic carbocycles. The summed E-state index contributed by atoms with van der Waals surface area (Å²) < 4.78 is 28.3. The monoisotopic (exact) mass is 440 g/mol. The highest BCUT2D eigenvalue weighted by Crippen LogP contribution is 2.31. The second-order valence-electron chi connectivity index (χ2n) is 4.60. The van der Waals surface area contributed by atoms with Crippen LogP contribution in [0.1, 0.15) is 19.3 Å². The Morgan fingerprint density at radius 3 is 2.70 bits per heavy atom. The van der Waals surface area contributed by atoms with Crippen molar-refractivity contribution in [2.24, 2.45) is 5.73 Å². The largest absolute Gasteiger partial charge is 0.392 e. The second kappa shape index (κ2) is 6.39. The molecule has 2 N–H and O–H groups in total. The average molecular weight is 442 g/mol. The molecule has 110 valence electrons. The number of hydrogen-bond donors (Lipinski definition) is 1. The first kappa shape index (κ1) is 16.4. The van der Waals surface area contributed by atoms with Gasteiger partial charge in [0.05, 0.1) is 15.9 Å². The lowest BCUT2D eigenvalue weighted by molar-refractivity contribution is 0.306. The van der Waals surface area contributed by atoms with Crippen molar-refractivity contribution < 1.29 is 8.42 Å². The maximum absolute atomic E-state index is 12.8. The third-order valence-corrected chi connectivity index (χ3v) is 6.93. The quantitative estimate of drug-likeness (QED) is 0.732. The molecule has 4 nitrogen and oxygen atoms in total. The topological polar surface area (TPSA) is 63.4 Å². The lowest BCUT2D eigenvalue weighted by atomic mass is 10.1. The number of nitrogens with two attached hydrogens (primary N) is 1. The molecule has 8 heteroatoms. The van der Waals surface area contributed by atoms with Crippen LogP contribution in [-0.2, 0) is 10.0 Å². The molecular formula is C12H14Br2N2O2S2. The normalized spacial score (nSPS) is 20.8. The van der Waals surface area contributed by atoms with Crippen molar-refractivity contribution in [3.05, 3.63) is 27.1 Å². The van der Waals surface area contributed by atoms with E-state index in [1.807, 2.05) is 0 Å². The van der Waals surface area contributed by atoms with Crippen molar-refractivity contribution in [3.8, 4) is 0 Å². The predicted molar refractivity (Wildman–Crippen MR) is 90.2 cm³/mol. The summed E-state index contributed by atoms with van der Waals surface area (Å²) in [4.78, 5) is 0.467. The number of rotatable bonds is 3. The summed E-state index contributed by atoms with van der Waals surface area (Å²) in [7, 11) is -3.62. The van der Waals surface area contributed by atoms with Crippen LogP contribution in [0.4, 0.5) is 0 Å². The van der Waals surface area contributed by atoms with E-state index in [0.29, 0.717) is 21.9 Å². The minimum atomic E-state index is -3.62. The van der Waals surface area contributed by atoms with E-state index in [4.69, 9.17) is 18.0 Å². The molecule has 0 saturated carbocycles. The van der Waals surface area contributed by atoms with Crippen LogP contribution in [0, 0.1) is 0 Å². The molecular weight excluding hydrogens is 428 g/mol. The summed E-state index contributed by atoms with van der Waals surface area (Å²) in [5, 5.41) is 0. The number of piperidine rings is 1. The molecule has 2 rings (SSSR count). The van der Waals surface area contributed by atoms with E-state index in [1.54, 1.807) is 18.2 Å². The van der Waals surface area contributed by atoms with E-state index in [-0.39, 0.29) is 9.88 Å². The predicted octanol–water partition coefficient (Wildman–Crippen LogP) is 3.04. The van der Waals surface area contributed by atoms with E-state index >= 15 is 0 Å². The maximum Gasteiger partial charge on any atom is 0.244 e. The number of hydrogen-bond acceptors (Lipinski definition) is 3. The van der Waals surface area contributed by atoms with Crippen LogP contribution in [0.15, 0.2) is 32.0 Å². The van der Waals surface area contributed by atoms with Crippen LogP contribution in [0.3, 0.4) is 0 Å². The van der Waals surface area contributed by atoms with Gasteiger partial charge in [-0.2, -0.15) is 4.31 Å². The van der Waals surface area contributed by atoms with Crippen molar-refractivity contribution in [2.45, 2.75) is 30.2 Å². The molecule has 1 saturated heterocycles. The fourth-order valence-electron chi connectivity index (χ4n) is 2.28. The van der Waals surface area contributed by atoms with E-state index in [0.717, 1.165) is 12.8 Å². The molecule has 1 atom stereocenters. The maximum atomic E-state index is 12.8. The molecule has 1 fully saturated rings. The number of sulfonamides is 1. The van der Waals surface area contributed by atoms with E-state index in [1.165, 1.54) is 4.31 Å². The van der Waals surface area contributed by atoms with Gasteiger partial charge in [0.1, 0.15) is 0 Å². The van der Waals surface area contributed by atoms with Gasteiger partial charge < -0.3 is 5.73 Å². The highest BCUT2D eigenvalue weighted by atomic mass is 79.9. The molecule has 1 aromatic rings. The SMILES string of the molecule is NC(=S)C1CCCCN1S(=O)(=O)c1cc(Br)ccc1Br. The van der Waals surface area contributed by atoms with Crippen LogP contribution in [0.25, 0.3) is 0 Å². The van der Waals surface area contributed by atoms with Gasteiger partial charge in [0.15, 0.2) is 0 Å². The highest BCUT2D eigenvalue weighted by Gasteiger charge is 2.36. The van der Waals surface area contributed by atoms with Crippen LogP contribution in [0.2, 0.25) is 0 Å². The van der Waals surface area contributed by atoms with Crippen LogP contribution in [-0.4, -0.2) is 30.3 Å². The minimum absolute atomic E-state index is 0.232. The fraction of sp³-hybridized carbons (Fsp3) is 0.417. The minimum Gasteiger partial charge on any atom is -0.392 e. The van der Waals surface area contributed by atoms with Gasteiger partial charge in [0, 0.05) is 15.5 Å². The summed E-state index contributed by atoms with van der Waals surface area (Å²) in [5.74, 6) is 0. The van der Waals surface area contributed by atoms with Crippen LogP contribution >= 0.6 is 44.1 Å². The Kier molecular flexibility index (Phi) is 5.23. The van der Waals surface area contributed by atoms with Gasteiger partial charge in [-0.3, -0.25) is 0 Å². The molecule has 0 spiro atoms. The van der Waals surface area contributed by atoms with Crippen molar-refractivity contribution >= 4 is 59.1 Å². The number of thiocarbonyl (C=S) groups is 1. The van der Waals surface area contributed by atoms with Crippen molar-refractivity contribution in [3.63, 3.8) is 0 Å². The smallest absolute Gasteiger partial charge is 0.244 e. The van der Waals surface area contributed by atoms with E-state index < -0.39 is 16.1 Å². The Balaban J connectivity index is 2.47. The third kappa shape index (κ3) is 3.24. The summed E-state index contributed by atoms with van der Waals surface area (Å²) in [6.07, 6.45) is 2.44. The first-order chi connectivity index (χ1) is 9.34. The zero-order valence-corrected chi connectivity index (χ0v) is 15.4. The molecule has 1 heterocycles. The highest BCUT2D eigenvalue weighted by molar-refractivity contribution is 9.11. The Morgan fingerprint density at radius 1 is 1.35 bits per heavy atom. The molecule has 1 aliphatic heterocycles. The molecule has 1 aliphatic rings. The van der Waals surface area contributed by atoms with Crippen LogP contribution in [0.5, 0.6) is 0 Å². The lowest BCUT2D eigenvalue weighted by Crippen LogP contribution is -2.49. The summed E-state index contributed by atoms with van der Waals surface area (Å²) in [5.41, 5.74) is 5.70. The van der Waals surface area contributed by atoms with Crippen molar-refractivity contribution in [2.75, 3.05) is 6.54 Å². The summed E-state index contributed by atoms with van der Waals surface area (Å²) >= 11 is 11.6. The first-order valence-electron chi connectivity index (χ1n) is 6.10. The van der Waals surface area contributed by atoms with Gasteiger partial charge >= 0.3 is 0 Å². The van der Waals surface area contributed by atoms with Gasteiger partial charge in [-0.25, -0.2) is 8.42 Å². The van der Waals surface area contributed by atoms with Gasteiger partial charge in [-0.05, 0) is 47.0 Å². The number of halogens is 2. The van der Waals surface area contributed by atoms with E-state index in [9.17, 15) is 8.42 Å². The second-order valence-corrected chi connectivity index (χ2v) is 8.70. The van der Waals surface area contributed by atoms with Gasteiger partial charge in [-0.1, -0.05) is 34.6 Å². The van der Waals surface area contributed by atoms with E-state index in [2.05, 4.69) is 31.9 Å². The van der Waals surface area contributed by atoms with Crippen molar-refractivity contribution in [1.82, 2.24) is 4.31 Å². The number of benzene rings is 1. The van der Waals surface area contributed by atoms with Crippen molar-refractivity contribution in [1.29, 1.82) is 0 Å². The Labute approximate surface area is 141 Å². The van der Waals surface area contributed by atoms with Crippen LogP contribution < -0.4 is 5.73 Å². The fourth-order valence-corrected chi connectivity index (χ4v) is 5.73. The van der Waals surface area contributed by atoms with Gasteiger partial charge in [-0.15, -0.1) is 0 Å². The summed E-state index contributed by atoms with van der Waals surface area (Å²) in [6.45, 7) is 0.448. The zero-order chi connectivity index (χ0) is 14.9. The Morgan fingerprint density at radius 2 is 2.05 bits per heavy atom. The molecule has 20 heavy (non-hydrogen) atoms. The molecule has 1 aromatic carbocycles. The standard InChI is InChI=1S/C12H14Br2N2O2S2/c13-8-4-5-9(14)11(7-8)20(17,18)16-6-2-1-3-10(16)12(15)19/h4-5,7,10H,1-3,6H2,(H2,15,19). The zero-order valence-electron chi connectivity index (χ0n) is 10.6. The Hall–Kier alpha value is -0.0200. The molecule has 0 amide bonds. The molecule has 1 unspecified atom stereocenters. The molecule has 0 radical (unpaired) electrons. The lowest BCUT2D eigenvalue weighted by Gasteiger charge is -2.34. The molecule has 0 bridgehead atoms. The average Bonchev–Trinajstić information content (AvgIpc) is 2.41. The number of nitrogens with zero attached hydrogens (tertiary/aromatic N) is 1. The summed E-state index contributed by atoms with van der Waals surface area (Å²) in [6, 6.07) is 4.68. The Bertz CT molecular complexity index is 634. The van der Waals surface area contributed by atoms with Gasteiger partial charge in [0.2, 0.25) is 10.0 Å². The van der Waals surface area contributed by atoms with Gasteiger partial charge in [0.25, 0.3) is 0 Å². The molecule has 0 aromatic heterocycles. The first-order valence-corrected chi connectivity index (χ1v) is 9.53. The third-order valence-electron chi connectivity index (χ3n) is 3.26.